The van der Waals surface area contributed by atoms with E-state index in [0.717, 1.165) is 0 Å². The molecule has 0 aliphatic carbocycles. The Morgan fingerprint density at radius 2 is 2.10 bits per heavy atom. The van der Waals surface area contributed by atoms with Crippen molar-refractivity contribution in [2.75, 3.05) is 14.2 Å². The molecule has 0 aromatic heterocycles. The number of likely N-dealkylation sites (N-methyl/N-ethyl adjacent to an activating group) is 1. The Bertz CT molecular complexity index is 152. The van der Waals surface area contributed by atoms with Crippen molar-refractivity contribution in [3.63, 3.8) is 0 Å². The summed E-state index contributed by atoms with van der Waals surface area (Å²) in [6.07, 6.45) is 1.75. The number of hydrogen-bond donors (Lipinski definition) is 0. The minimum absolute atomic E-state index is 0.106. The molecule has 0 fully saturated rings. The topological polar surface area (TPSA) is 29.5 Å². The molecule has 58 valence electrons. The number of carbonyl (C=O) groups is 1. The first-order valence-electron chi connectivity index (χ1n) is 3.08. The largest absolute Gasteiger partial charge is 0.274 e. The number of amides is 1. The maximum Gasteiger partial charge on any atom is 0.272 e. The van der Waals surface area contributed by atoms with Crippen molar-refractivity contribution in [2.45, 2.75) is 13.8 Å². The molecule has 0 heterocycles. The molecule has 3 nitrogen and oxygen atoms in total. The van der Waals surface area contributed by atoms with Crippen LogP contribution in [0.15, 0.2) is 11.6 Å². The number of rotatable bonds is 2. The van der Waals surface area contributed by atoms with Crippen molar-refractivity contribution in [3.05, 3.63) is 11.6 Å². The molecule has 0 saturated heterocycles. The van der Waals surface area contributed by atoms with Crippen LogP contribution in [-0.4, -0.2) is 25.1 Å². The number of hydrogen-bond acceptors (Lipinski definition) is 2. The van der Waals surface area contributed by atoms with E-state index in [0.29, 0.717) is 5.57 Å². The van der Waals surface area contributed by atoms with Gasteiger partial charge in [0.25, 0.3) is 5.91 Å². The number of hydroxylamine groups is 2. The van der Waals surface area contributed by atoms with Gasteiger partial charge >= 0.3 is 0 Å². The van der Waals surface area contributed by atoms with Gasteiger partial charge in [-0.2, -0.15) is 0 Å². The summed E-state index contributed by atoms with van der Waals surface area (Å²) >= 11 is 0. The second-order valence-electron chi connectivity index (χ2n) is 1.96. The molecule has 0 radical (unpaired) electrons. The lowest BCUT2D eigenvalue weighted by Crippen LogP contribution is -2.25. The maximum atomic E-state index is 11.0. The first-order chi connectivity index (χ1) is 4.63. The highest BCUT2D eigenvalue weighted by molar-refractivity contribution is 5.91. The standard InChI is InChI=1S/C7H13NO2/c1-5-6(2)7(9)8(3)10-4/h5H,1-4H3/b6-5-. The fraction of sp³-hybridized carbons (Fsp3) is 0.571. The average Bonchev–Trinajstić information content (AvgIpc) is 2.00. The van der Waals surface area contributed by atoms with E-state index in [1.807, 2.05) is 6.92 Å². The van der Waals surface area contributed by atoms with Crippen molar-refractivity contribution in [1.82, 2.24) is 5.06 Å². The van der Waals surface area contributed by atoms with Crippen LogP contribution in [0.5, 0.6) is 0 Å². The first kappa shape index (κ1) is 9.17. The molecule has 0 atom stereocenters. The molecule has 0 N–H and O–H groups in total. The van der Waals surface area contributed by atoms with Crippen LogP contribution in [0.2, 0.25) is 0 Å². The number of allylic oxidation sites excluding steroid dienone is 1. The highest BCUT2D eigenvalue weighted by Gasteiger charge is 2.07. The molecule has 0 aromatic carbocycles. The molecule has 0 unspecified atom stereocenters. The van der Waals surface area contributed by atoms with Crippen molar-refractivity contribution in [2.24, 2.45) is 0 Å². The molecule has 0 aliphatic heterocycles. The maximum absolute atomic E-state index is 11.0. The predicted octanol–water partition coefficient (Wildman–Crippen LogP) is 0.972. The van der Waals surface area contributed by atoms with Gasteiger partial charge in [-0.25, -0.2) is 5.06 Å². The van der Waals surface area contributed by atoms with Crippen LogP contribution in [0.4, 0.5) is 0 Å². The number of carbonyl (C=O) groups excluding carboxylic acids is 1. The third-order valence-corrected chi connectivity index (χ3v) is 1.33. The van der Waals surface area contributed by atoms with E-state index < -0.39 is 0 Å². The molecular weight excluding hydrogens is 130 g/mol. The molecule has 0 spiro atoms. The van der Waals surface area contributed by atoms with Gasteiger partial charge in [0, 0.05) is 12.6 Å². The van der Waals surface area contributed by atoms with E-state index in [1.54, 1.807) is 20.0 Å². The molecule has 3 heteroatoms. The third kappa shape index (κ3) is 2.19. The Labute approximate surface area is 61.2 Å². The average molecular weight is 143 g/mol. The Morgan fingerprint density at radius 3 is 2.40 bits per heavy atom. The zero-order valence-corrected chi connectivity index (χ0v) is 6.84. The van der Waals surface area contributed by atoms with Gasteiger partial charge in [-0.05, 0) is 13.8 Å². The lowest BCUT2D eigenvalue weighted by molar-refractivity contribution is -0.163. The molecular formula is C7H13NO2. The summed E-state index contributed by atoms with van der Waals surface area (Å²) in [6.45, 7) is 3.56. The Balaban J connectivity index is 4.08. The van der Waals surface area contributed by atoms with Crippen LogP contribution in [0.3, 0.4) is 0 Å². The van der Waals surface area contributed by atoms with Gasteiger partial charge in [-0.1, -0.05) is 6.08 Å². The van der Waals surface area contributed by atoms with E-state index in [9.17, 15) is 4.79 Å². The smallest absolute Gasteiger partial charge is 0.272 e. The van der Waals surface area contributed by atoms with Gasteiger partial charge in [0.15, 0.2) is 0 Å². The van der Waals surface area contributed by atoms with E-state index in [2.05, 4.69) is 4.84 Å². The summed E-state index contributed by atoms with van der Waals surface area (Å²) in [4.78, 5) is 15.7. The van der Waals surface area contributed by atoms with E-state index >= 15 is 0 Å². The van der Waals surface area contributed by atoms with Crippen molar-refractivity contribution in [1.29, 1.82) is 0 Å². The molecule has 0 bridgehead atoms. The Morgan fingerprint density at radius 1 is 1.60 bits per heavy atom. The highest BCUT2D eigenvalue weighted by Crippen LogP contribution is 1.97. The minimum Gasteiger partial charge on any atom is -0.274 e. The lowest BCUT2D eigenvalue weighted by atomic mass is 10.3. The zero-order chi connectivity index (χ0) is 8.15. The van der Waals surface area contributed by atoms with Crippen LogP contribution in [0.25, 0.3) is 0 Å². The van der Waals surface area contributed by atoms with E-state index in [4.69, 9.17) is 0 Å². The van der Waals surface area contributed by atoms with Crippen LogP contribution in [0, 0.1) is 0 Å². The van der Waals surface area contributed by atoms with E-state index in [-0.39, 0.29) is 5.91 Å². The highest BCUT2D eigenvalue weighted by atomic mass is 16.7. The van der Waals surface area contributed by atoms with Gasteiger partial charge in [-0.15, -0.1) is 0 Å². The quantitative estimate of drug-likeness (QED) is 0.426. The SMILES string of the molecule is C/C=C(/C)C(=O)N(C)OC. The van der Waals surface area contributed by atoms with Gasteiger partial charge in [0.2, 0.25) is 0 Å². The fourth-order valence-corrected chi connectivity index (χ4v) is 0.455. The van der Waals surface area contributed by atoms with Crippen LogP contribution in [0.1, 0.15) is 13.8 Å². The molecule has 0 aliphatic rings. The molecule has 0 saturated carbocycles. The summed E-state index contributed by atoms with van der Waals surface area (Å²) in [7, 11) is 3.04. The van der Waals surface area contributed by atoms with Crippen molar-refractivity contribution >= 4 is 5.91 Å². The predicted molar refractivity (Wildman–Crippen MR) is 39.2 cm³/mol. The summed E-state index contributed by atoms with van der Waals surface area (Å²) in [5.74, 6) is -0.106. The van der Waals surface area contributed by atoms with Gasteiger partial charge < -0.3 is 0 Å². The van der Waals surface area contributed by atoms with Crippen molar-refractivity contribution < 1.29 is 9.63 Å². The van der Waals surface area contributed by atoms with E-state index in [1.165, 1.54) is 12.2 Å². The number of nitrogens with zero attached hydrogens (tertiary/aromatic N) is 1. The van der Waals surface area contributed by atoms with Gasteiger partial charge in [-0.3, -0.25) is 9.63 Å². The summed E-state index contributed by atoms with van der Waals surface area (Å²) < 4.78 is 0. The summed E-state index contributed by atoms with van der Waals surface area (Å²) in [6, 6.07) is 0. The van der Waals surface area contributed by atoms with Crippen molar-refractivity contribution in [3.8, 4) is 0 Å². The molecule has 10 heavy (non-hydrogen) atoms. The summed E-state index contributed by atoms with van der Waals surface area (Å²) in [5, 5.41) is 1.19. The second kappa shape index (κ2) is 4.06. The second-order valence-corrected chi connectivity index (χ2v) is 1.96. The summed E-state index contributed by atoms with van der Waals surface area (Å²) in [5.41, 5.74) is 0.685. The van der Waals surface area contributed by atoms with Gasteiger partial charge in [0.05, 0.1) is 7.11 Å². The lowest BCUT2D eigenvalue weighted by Gasteiger charge is -2.12. The third-order valence-electron chi connectivity index (χ3n) is 1.33. The first-order valence-corrected chi connectivity index (χ1v) is 3.08. The normalized spacial score (nSPS) is 11.4. The van der Waals surface area contributed by atoms with Crippen LogP contribution in [-0.2, 0) is 9.63 Å². The fourth-order valence-electron chi connectivity index (χ4n) is 0.455. The molecule has 1 amide bonds. The van der Waals surface area contributed by atoms with Gasteiger partial charge in [0.1, 0.15) is 0 Å². The molecule has 0 aromatic rings. The Kier molecular flexibility index (Phi) is 3.72. The minimum atomic E-state index is -0.106. The monoisotopic (exact) mass is 143 g/mol. The zero-order valence-electron chi connectivity index (χ0n) is 6.84. The Hall–Kier alpha value is -0.830. The molecule has 0 rings (SSSR count). The van der Waals surface area contributed by atoms with Crippen LogP contribution < -0.4 is 0 Å². The van der Waals surface area contributed by atoms with Crippen LogP contribution >= 0.6 is 0 Å².